The average molecular weight is 449 g/mol. The molecule has 32 heavy (non-hydrogen) atoms. The van der Waals surface area contributed by atoms with Crippen LogP contribution in [0.2, 0.25) is 0 Å². The summed E-state index contributed by atoms with van der Waals surface area (Å²) in [6, 6.07) is 18.4. The summed E-state index contributed by atoms with van der Waals surface area (Å²) in [5, 5.41) is 6.79. The molecule has 0 radical (unpaired) electrons. The van der Waals surface area contributed by atoms with E-state index in [1.54, 1.807) is 43.9 Å². The zero-order valence-electron chi connectivity index (χ0n) is 17.5. The second-order valence-corrected chi connectivity index (χ2v) is 7.65. The molecule has 3 aromatic carbocycles. The largest absolute Gasteiger partial charge is 0.497 e. The van der Waals surface area contributed by atoms with Crippen molar-refractivity contribution >= 4 is 39.1 Å². The van der Waals surface area contributed by atoms with Crippen molar-refractivity contribution in [2.24, 2.45) is 0 Å². The van der Waals surface area contributed by atoms with Crippen molar-refractivity contribution in [3.05, 3.63) is 71.6 Å². The van der Waals surface area contributed by atoms with Crippen LogP contribution in [0.4, 0.5) is 5.13 Å². The van der Waals surface area contributed by atoms with E-state index in [1.807, 2.05) is 36.4 Å². The Morgan fingerprint density at radius 3 is 2.56 bits per heavy atom. The number of nitrogens with zero attached hydrogens (tertiary/aromatic N) is 1. The number of aromatic nitrogens is 1. The van der Waals surface area contributed by atoms with E-state index in [0.29, 0.717) is 27.9 Å². The maximum atomic E-state index is 12.3. The van der Waals surface area contributed by atoms with Crippen molar-refractivity contribution in [2.75, 3.05) is 26.1 Å². The summed E-state index contributed by atoms with van der Waals surface area (Å²) in [4.78, 5) is 29.0. The molecule has 0 bridgehead atoms. The standard InChI is InChI=1S/C24H20N2O5S/c1-29-18-9-10-21(30-2)19(12-18)20-14-32-24(25-20)26-22(27)13-31-23(28)17-8-7-15-5-3-4-6-16(15)11-17/h3-12,14H,13H2,1-2H3,(H,25,26,27). The van der Waals surface area contributed by atoms with Gasteiger partial charge in [-0.1, -0.05) is 30.3 Å². The van der Waals surface area contributed by atoms with Gasteiger partial charge < -0.3 is 14.2 Å². The predicted octanol–water partition coefficient (Wildman–Crippen LogP) is 4.78. The topological polar surface area (TPSA) is 86.8 Å². The Hall–Kier alpha value is -3.91. The van der Waals surface area contributed by atoms with Gasteiger partial charge >= 0.3 is 5.97 Å². The van der Waals surface area contributed by atoms with E-state index in [0.717, 1.165) is 16.3 Å². The summed E-state index contributed by atoms with van der Waals surface area (Å²) in [6.45, 7) is -0.414. The fraction of sp³-hybridized carbons (Fsp3) is 0.125. The van der Waals surface area contributed by atoms with Gasteiger partial charge in [0.1, 0.15) is 11.5 Å². The van der Waals surface area contributed by atoms with Crippen molar-refractivity contribution in [2.45, 2.75) is 0 Å². The highest BCUT2D eigenvalue weighted by molar-refractivity contribution is 7.14. The minimum absolute atomic E-state index is 0.386. The number of esters is 1. The van der Waals surface area contributed by atoms with Gasteiger partial charge in [0.25, 0.3) is 5.91 Å². The summed E-state index contributed by atoms with van der Waals surface area (Å²) in [7, 11) is 3.15. The molecule has 0 aliphatic rings. The fourth-order valence-corrected chi connectivity index (χ4v) is 3.88. The molecule has 0 spiro atoms. The zero-order chi connectivity index (χ0) is 22.5. The number of ether oxygens (including phenoxy) is 3. The van der Waals surface area contributed by atoms with Crippen LogP contribution in [0, 0.1) is 0 Å². The van der Waals surface area contributed by atoms with E-state index in [1.165, 1.54) is 11.3 Å². The van der Waals surface area contributed by atoms with Gasteiger partial charge in [0.15, 0.2) is 11.7 Å². The van der Waals surface area contributed by atoms with Gasteiger partial charge in [0.2, 0.25) is 0 Å². The lowest BCUT2D eigenvalue weighted by molar-refractivity contribution is -0.119. The number of hydrogen-bond donors (Lipinski definition) is 1. The number of carbonyl (C=O) groups excluding carboxylic acids is 2. The Morgan fingerprint density at radius 1 is 0.969 bits per heavy atom. The van der Waals surface area contributed by atoms with Crippen LogP contribution in [0.1, 0.15) is 10.4 Å². The molecule has 1 aromatic heterocycles. The summed E-state index contributed by atoms with van der Waals surface area (Å²) in [5.74, 6) is 0.266. The molecule has 0 saturated heterocycles. The molecule has 8 heteroatoms. The molecule has 4 rings (SSSR count). The number of hydrogen-bond acceptors (Lipinski definition) is 7. The SMILES string of the molecule is COc1ccc(OC)c(-c2csc(NC(=O)COC(=O)c3ccc4ccccc4c3)n2)c1. The third-order valence-corrected chi connectivity index (χ3v) is 5.51. The molecule has 1 N–H and O–H groups in total. The Labute approximate surface area is 188 Å². The number of benzene rings is 3. The Morgan fingerprint density at radius 2 is 1.78 bits per heavy atom. The minimum atomic E-state index is -0.563. The Balaban J connectivity index is 1.38. The molecule has 0 fully saturated rings. The van der Waals surface area contributed by atoms with Crippen LogP contribution >= 0.6 is 11.3 Å². The molecule has 0 atom stereocenters. The van der Waals surface area contributed by atoms with Gasteiger partial charge in [-0.05, 0) is 41.1 Å². The van der Waals surface area contributed by atoms with Crippen LogP contribution < -0.4 is 14.8 Å². The molecule has 0 aliphatic heterocycles. The van der Waals surface area contributed by atoms with Crippen LogP contribution in [0.5, 0.6) is 11.5 Å². The van der Waals surface area contributed by atoms with Gasteiger partial charge in [-0.25, -0.2) is 9.78 Å². The van der Waals surface area contributed by atoms with E-state index in [9.17, 15) is 9.59 Å². The van der Waals surface area contributed by atoms with E-state index >= 15 is 0 Å². The molecule has 7 nitrogen and oxygen atoms in total. The number of nitrogens with one attached hydrogen (secondary N) is 1. The van der Waals surface area contributed by atoms with E-state index in [-0.39, 0.29) is 0 Å². The van der Waals surface area contributed by atoms with Crippen molar-refractivity contribution in [3.8, 4) is 22.8 Å². The number of rotatable bonds is 7. The number of methoxy groups -OCH3 is 2. The van der Waals surface area contributed by atoms with Crippen LogP contribution in [0.25, 0.3) is 22.0 Å². The highest BCUT2D eigenvalue weighted by Crippen LogP contribution is 2.35. The summed E-state index contributed by atoms with van der Waals surface area (Å²) >= 11 is 1.26. The molecule has 1 heterocycles. The Bertz CT molecular complexity index is 1280. The van der Waals surface area contributed by atoms with Crippen LogP contribution in [0.15, 0.2) is 66.0 Å². The summed E-state index contributed by atoms with van der Waals surface area (Å²) in [5.41, 5.74) is 1.76. The molecule has 162 valence electrons. The van der Waals surface area contributed by atoms with E-state index in [4.69, 9.17) is 14.2 Å². The van der Waals surface area contributed by atoms with Gasteiger partial charge in [-0.15, -0.1) is 11.3 Å². The first-order valence-corrected chi connectivity index (χ1v) is 10.6. The lowest BCUT2D eigenvalue weighted by Gasteiger charge is -2.08. The lowest BCUT2D eigenvalue weighted by atomic mass is 10.1. The highest BCUT2D eigenvalue weighted by atomic mass is 32.1. The molecular formula is C24H20N2O5S. The Kier molecular flexibility index (Phi) is 6.32. The summed E-state index contributed by atoms with van der Waals surface area (Å²) in [6.07, 6.45) is 0. The molecule has 0 unspecified atom stereocenters. The van der Waals surface area contributed by atoms with Crippen molar-refractivity contribution in [1.82, 2.24) is 4.98 Å². The molecular weight excluding hydrogens is 428 g/mol. The quantitative estimate of drug-likeness (QED) is 0.410. The number of thiazole rings is 1. The minimum Gasteiger partial charge on any atom is -0.497 e. The maximum Gasteiger partial charge on any atom is 0.338 e. The van der Waals surface area contributed by atoms with Crippen LogP contribution in [-0.2, 0) is 9.53 Å². The third kappa shape index (κ3) is 4.70. The molecule has 0 aliphatic carbocycles. The fourth-order valence-electron chi connectivity index (χ4n) is 3.16. The van der Waals surface area contributed by atoms with E-state index < -0.39 is 18.5 Å². The first kappa shape index (κ1) is 21.3. The van der Waals surface area contributed by atoms with Crippen molar-refractivity contribution < 1.29 is 23.8 Å². The molecule has 4 aromatic rings. The first-order chi connectivity index (χ1) is 15.6. The number of amides is 1. The number of fused-ring (bicyclic) bond motifs is 1. The monoisotopic (exact) mass is 448 g/mol. The number of carbonyl (C=O) groups is 2. The maximum absolute atomic E-state index is 12.3. The average Bonchev–Trinajstić information content (AvgIpc) is 3.29. The van der Waals surface area contributed by atoms with Crippen molar-refractivity contribution in [1.29, 1.82) is 0 Å². The van der Waals surface area contributed by atoms with Gasteiger partial charge in [0, 0.05) is 10.9 Å². The van der Waals surface area contributed by atoms with Gasteiger partial charge in [-0.2, -0.15) is 0 Å². The van der Waals surface area contributed by atoms with Gasteiger partial charge in [0.05, 0.1) is 25.5 Å². The lowest BCUT2D eigenvalue weighted by Crippen LogP contribution is -2.20. The number of anilines is 1. The third-order valence-electron chi connectivity index (χ3n) is 4.75. The van der Waals surface area contributed by atoms with Crippen LogP contribution in [-0.4, -0.2) is 37.7 Å². The smallest absolute Gasteiger partial charge is 0.338 e. The van der Waals surface area contributed by atoms with Crippen LogP contribution in [0.3, 0.4) is 0 Å². The normalized spacial score (nSPS) is 10.6. The second kappa shape index (κ2) is 9.49. The second-order valence-electron chi connectivity index (χ2n) is 6.79. The molecule has 0 saturated carbocycles. The van der Waals surface area contributed by atoms with Gasteiger partial charge in [-0.3, -0.25) is 10.1 Å². The highest BCUT2D eigenvalue weighted by Gasteiger charge is 2.15. The van der Waals surface area contributed by atoms with E-state index in [2.05, 4.69) is 10.3 Å². The first-order valence-electron chi connectivity index (χ1n) is 9.71. The van der Waals surface area contributed by atoms with Crippen molar-refractivity contribution in [3.63, 3.8) is 0 Å². The zero-order valence-corrected chi connectivity index (χ0v) is 18.3. The summed E-state index contributed by atoms with van der Waals surface area (Å²) < 4.78 is 15.8. The molecule has 1 amide bonds. The predicted molar refractivity (Wildman–Crippen MR) is 124 cm³/mol.